The lowest BCUT2D eigenvalue weighted by atomic mass is 9.84. The number of methoxy groups -OCH3 is 2. The van der Waals surface area contributed by atoms with E-state index in [-0.39, 0.29) is 26.0 Å². The van der Waals surface area contributed by atoms with Gasteiger partial charge in [-0.2, -0.15) is 0 Å². The molecule has 166 valence electrons. The Hall–Kier alpha value is -2.84. The first-order valence-electron chi connectivity index (χ1n) is 9.68. The van der Waals surface area contributed by atoms with E-state index in [2.05, 4.69) is 4.98 Å². The lowest BCUT2D eigenvalue weighted by Crippen LogP contribution is -2.46. The predicted molar refractivity (Wildman–Crippen MR) is 108 cm³/mol. The van der Waals surface area contributed by atoms with Crippen molar-refractivity contribution in [2.45, 2.75) is 53.0 Å². The molecule has 1 N–H and O–H groups in total. The largest absolute Gasteiger partial charge is 0.476 e. The number of pyridine rings is 1. The molecule has 0 fully saturated rings. The zero-order valence-electron chi connectivity index (χ0n) is 18.6. The van der Waals surface area contributed by atoms with Crippen LogP contribution in [-0.2, 0) is 31.9 Å². The Morgan fingerprint density at radius 3 is 2.07 bits per heavy atom. The third-order valence-electron chi connectivity index (χ3n) is 5.55. The van der Waals surface area contributed by atoms with Crippen molar-refractivity contribution in [1.82, 2.24) is 9.88 Å². The number of hydrogen-bond donors (Lipinski definition) is 1. The zero-order chi connectivity index (χ0) is 22.9. The number of carbonyl (C=O) groups is 3. The first-order valence-corrected chi connectivity index (χ1v) is 9.68. The van der Waals surface area contributed by atoms with Crippen LogP contribution in [0.3, 0.4) is 0 Å². The molecule has 30 heavy (non-hydrogen) atoms. The first kappa shape index (κ1) is 23.4. The van der Waals surface area contributed by atoms with Crippen molar-refractivity contribution >= 4 is 18.0 Å². The van der Waals surface area contributed by atoms with Gasteiger partial charge in [-0.1, -0.05) is 0 Å². The van der Waals surface area contributed by atoms with E-state index in [0.717, 1.165) is 11.1 Å². The van der Waals surface area contributed by atoms with Crippen LogP contribution in [0.2, 0.25) is 0 Å². The Balaban J connectivity index is 2.29. The molecule has 1 aromatic heterocycles. The summed E-state index contributed by atoms with van der Waals surface area (Å²) in [6.45, 7) is 9.31. The standard InChI is InChI=1S/C21H30N2O7/c1-12-14-10-21(17(24)28-6,18(25)29-7)11-15(14)13(2)22-16(12)30-9-8-23(19(26)27)20(3,4)5/h8-11H2,1-7H3,(H,26,27). The van der Waals surface area contributed by atoms with Gasteiger partial charge < -0.3 is 24.2 Å². The Morgan fingerprint density at radius 2 is 1.60 bits per heavy atom. The van der Waals surface area contributed by atoms with E-state index in [0.29, 0.717) is 17.1 Å². The number of esters is 2. The maximum absolute atomic E-state index is 12.5. The van der Waals surface area contributed by atoms with E-state index in [1.165, 1.54) is 19.1 Å². The summed E-state index contributed by atoms with van der Waals surface area (Å²) < 4.78 is 15.6. The number of carboxylic acid groups (broad SMARTS) is 1. The number of rotatable bonds is 6. The second-order valence-electron chi connectivity index (χ2n) is 8.46. The highest BCUT2D eigenvalue weighted by Gasteiger charge is 2.53. The molecule has 0 atom stereocenters. The van der Waals surface area contributed by atoms with E-state index >= 15 is 0 Å². The van der Waals surface area contributed by atoms with Gasteiger partial charge >= 0.3 is 18.0 Å². The fraction of sp³-hybridized carbons (Fsp3) is 0.619. The average Bonchev–Trinajstić information content (AvgIpc) is 3.09. The fourth-order valence-electron chi connectivity index (χ4n) is 3.87. The third kappa shape index (κ3) is 4.20. The molecule has 0 aromatic carbocycles. The SMILES string of the molecule is COC(=O)C1(C(=O)OC)Cc2c(C)nc(OCCN(C(=O)O)C(C)(C)C)c(C)c2C1. The maximum atomic E-state index is 12.5. The molecule has 1 aliphatic carbocycles. The molecule has 9 nitrogen and oxygen atoms in total. The summed E-state index contributed by atoms with van der Waals surface area (Å²) in [4.78, 5) is 42.2. The minimum atomic E-state index is -1.44. The Labute approximate surface area is 176 Å². The second kappa shape index (κ2) is 8.49. The van der Waals surface area contributed by atoms with Crippen molar-refractivity contribution < 1.29 is 33.7 Å². The van der Waals surface area contributed by atoms with Crippen molar-refractivity contribution in [1.29, 1.82) is 0 Å². The molecule has 0 saturated carbocycles. The summed E-state index contributed by atoms with van der Waals surface area (Å²) in [5.41, 5.74) is 0.964. The summed E-state index contributed by atoms with van der Waals surface area (Å²) in [6, 6.07) is 0. The first-order chi connectivity index (χ1) is 13.9. The number of amides is 1. The Morgan fingerprint density at radius 1 is 1.07 bits per heavy atom. The van der Waals surface area contributed by atoms with Gasteiger partial charge in [-0.3, -0.25) is 9.59 Å². The van der Waals surface area contributed by atoms with Crippen LogP contribution in [0, 0.1) is 19.3 Å². The molecule has 1 aromatic rings. The van der Waals surface area contributed by atoms with Gasteiger partial charge in [0.05, 0.1) is 20.8 Å². The maximum Gasteiger partial charge on any atom is 0.407 e. The van der Waals surface area contributed by atoms with Crippen LogP contribution >= 0.6 is 0 Å². The molecule has 1 aliphatic rings. The summed E-state index contributed by atoms with van der Waals surface area (Å²) in [5.74, 6) is -0.931. The van der Waals surface area contributed by atoms with Crippen LogP contribution in [0.4, 0.5) is 4.79 Å². The minimum absolute atomic E-state index is 0.120. The Kier molecular flexibility index (Phi) is 6.63. The second-order valence-corrected chi connectivity index (χ2v) is 8.46. The number of aryl methyl sites for hydroxylation is 1. The molecule has 0 aliphatic heterocycles. The molecule has 1 heterocycles. The summed E-state index contributed by atoms with van der Waals surface area (Å²) in [6.07, 6.45) is -0.739. The molecular formula is C21H30N2O7. The summed E-state index contributed by atoms with van der Waals surface area (Å²) in [5, 5.41) is 9.41. The number of nitrogens with zero attached hydrogens (tertiary/aromatic N) is 2. The van der Waals surface area contributed by atoms with E-state index in [9.17, 15) is 19.5 Å². The van der Waals surface area contributed by atoms with E-state index < -0.39 is 29.0 Å². The third-order valence-corrected chi connectivity index (χ3v) is 5.55. The zero-order valence-corrected chi connectivity index (χ0v) is 18.6. The van der Waals surface area contributed by atoms with Crippen LogP contribution in [0.15, 0.2) is 0 Å². The average molecular weight is 422 g/mol. The topological polar surface area (TPSA) is 115 Å². The molecule has 9 heteroatoms. The van der Waals surface area contributed by atoms with Gasteiger partial charge in [-0.05, 0) is 45.7 Å². The van der Waals surface area contributed by atoms with Gasteiger partial charge in [0.25, 0.3) is 0 Å². The molecule has 0 saturated heterocycles. The number of fused-ring (bicyclic) bond motifs is 1. The van der Waals surface area contributed by atoms with Crippen LogP contribution in [0.1, 0.15) is 43.2 Å². The van der Waals surface area contributed by atoms with Gasteiger partial charge in [-0.15, -0.1) is 0 Å². The van der Waals surface area contributed by atoms with Crippen molar-refractivity contribution in [3.8, 4) is 5.88 Å². The Bertz CT molecular complexity index is 842. The van der Waals surface area contributed by atoms with Crippen molar-refractivity contribution in [2.24, 2.45) is 5.41 Å². The fourth-order valence-corrected chi connectivity index (χ4v) is 3.87. The van der Waals surface area contributed by atoms with Crippen molar-refractivity contribution in [3.05, 3.63) is 22.4 Å². The van der Waals surface area contributed by atoms with Crippen LogP contribution in [-0.4, -0.2) is 65.9 Å². The van der Waals surface area contributed by atoms with Crippen LogP contribution in [0.25, 0.3) is 0 Å². The molecule has 0 bridgehead atoms. The highest BCUT2D eigenvalue weighted by atomic mass is 16.5. The minimum Gasteiger partial charge on any atom is -0.476 e. The highest BCUT2D eigenvalue weighted by molar-refractivity contribution is 6.01. The van der Waals surface area contributed by atoms with Gasteiger partial charge in [0, 0.05) is 29.6 Å². The van der Waals surface area contributed by atoms with Gasteiger partial charge in [0.15, 0.2) is 5.41 Å². The summed E-state index contributed by atoms with van der Waals surface area (Å²) >= 11 is 0. The lowest BCUT2D eigenvalue weighted by molar-refractivity contribution is -0.168. The van der Waals surface area contributed by atoms with Crippen LogP contribution in [0.5, 0.6) is 5.88 Å². The number of hydrogen-bond acceptors (Lipinski definition) is 7. The molecular weight excluding hydrogens is 392 g/mol. The number of ether oxygens (including phenoxy) is 3. The van der Waals surface area contributed by atoms with Crippen molar-refractivity contribution in [2.75, 3.05) is 27.4 Å². The quantitative estimate of drug-likeness (QED) is 0.548. The van der Waals surface area contributed by atoms with Gasteiger partial charge in [0.1, 0.15) is 6.61 Å². The smallest absolute Gasteiger partial charge is 0.407 e. The van der Waals surface area contributed by atoms with E-state index in [1.54, 1.807) is 6.92 Å². The monoisotopic (exact) mass is 422 g/mol. The normalized spacial score (nSPS) is 14.6. The number of carbonyl (C=O) groups excluding carboxylic acids is 2. The van der Waals surface area contributed by atoms with Gasteiger partial charge in [-0.25, -0.2) is 9.78 Å². The molecule has 0 unspecified atom stereocenters. The van der Waals surface area contributed by atoms with E-state index in [1.807, 2.05) is 27.7 Å². The number of aromatic nitrogens is 1. The highest BCUT2D eigenvalue weighted by Crippen LogP contribution is 2.43. The van der Waals surface area contributed by atoms with E-state index in [4.69, 9.17) is 14.2 Å². The summed E-state index contributed by atoms with van der Waals surface area (Å²) in [7, 11) is 2.48. The van der Waals surface area contributed by atoms with Crippen molar-refractivity contribution in [3.63, 3.8) is 0 Å². The van der Waals surface area contributed by atoms with Crippen LogP contribution < -0.4 is 4.74 Å². The molecule has 1 amide bonds. The van der Waals surface area contributed by atoms with Gasteiger partial charge in [0.2, 0.25) is 5.88 Å². The molecule has 0 spiro atoms. The lowest BCUT2D eigenvalue weighted by Gasteiger charge is -2.33. The molecule has 0 radical (unpaired) electrons. The molecule has 2 rings (SSSR count). The predicted octanol–water partition coefficient (Wildman–Crippen LogP) is 2.29.